The molecule has 0 atom stereocenters. The van der Waals surface area contributed by atoms with Gasteiger partial charge < -0.3 is 10.0 Å². The van der Waals surface area contributed by atoms with E-state index in [4.69, 9.17) is 5.11 Å². The Morgan fingerprint density at radius 1 is 1.58 bits per heavy atom. The molecule has 1 heterocycles. The molecule has 0 bridgehead atoms. The van der Waals surface area contributed by atoms with Crippen molar-refractivity contribution in [1.29, 1.82) is 0 Å². The summed E-state index contributed by atoms with van der Waals surface area (Å²) in [6.07, 6.45) is 0.420. The molecule has 0 unspecified atom stereocenters. The number of carboxylic acid groups (broad SMARTS) is 1. The van der Waals surface area contributed by atoms with Crippen LogP contribution < -0.4 is 4.90 Å². The zero-order chi connectivity index (χ0) is 14.7. The van der Waals surface area contributed by atoms with Crippen molar-refractivity contribution in [1.82, 2.24) is 9.78 Å². The second kappa shape index (κ2) is 5.68. The van der Waals surface area contributed by atoms with Gasteiger partial charge in [-0.2, -0.15) is 5.10 Å². The summed E-state index contributed by atoms with van der Waals surface area (Å²) in [4.78, 5) is 23.1. The van der Waals surface area contributed by atoms with Gasteiger partial charge in [-0.25, -0.2) is 4.68 Å². The summed E-state index contributed by atoms with van der Waals surface area (Å²) in [7, 11) is 1.58. The molecule has 0 saturated heterocycles. The van der Waals surface area contributed by atoms with Crippen LogP contribution in [0.2, 0.25) is 0 Å². The van der Waals surface area contributed by atoms with E-state index in [1.165, 1.54) is 9.58 Å². The number of nitro groups is 1. The monoisotopic (exact) mass is 270 g/mol. The second-order valence-electron chi connectivity index (χ2n) is 4.47. The summed E-state index contributed by atoms with van der Waals surface area (Å²) >= 11 is 0. The molecule has 0 radical (unpaired) electrons. The van der Waals surface area contributed by atoms with Crippen LogP contribution in [0.3, 0.4) is 0 Å². The third kappa shape index (κ3) is 3.01. The minimum Gasteiger partial charge on any atom is -0.480 e. The summed E-state index contributed by atoms with van der Waals surface area (Å²) in [5.41, 5.74) is 0.249. The highest BCUT2D eigenvalue weighted by molar-refractivity contribution is 5.75. The van der Waals surface area contributed by atoms with Gasteiger partial charge in [0, 0.05) is 13.1 Å². The third-order valence-electron chi connectivity index (χ3n) is 2.78. The topological polar surface area (TPSA) is 102 Å². The molecule has 1 N–H and O–H groups in total. The summed E-state index contributed by atoms with van der Waals surface area (Å²) in [5, 5.41) is 24.2. The Morgan fingerprint density at radius 3 is 2.53 bits per heavy atom. The van der Waals surface area contributed by atoms with Crippen LogP contribution in [-0.2, 0) is 18.3 Å². The van der Waals surface area contributed by atoms with Crippen molar-refractivity contribution in [2.75, 3.05) is 11.4 Å². The van der Waals surface area contributed by atoms with Crippen LogP contribution in [0.25, 0.3) is 0 Å². The van der Waals surface area contributed by atoms with Gasteiger partial charge in [-0.15, -0.1) is 0 Å². The fourth-order valence-electron chi connectivity index (χ4n) is 1.95. The van der Waals surface area contributed by atoms with Gasteiger partial charge in [-0.05, 0) is 20.3 Å². The van der Waals surface area contributed by atoms with Crippen LogP contribution in [0.5, 0.6) is 0 Å². The van der Waals surface area contributed by atoms with Crippen molar-refractivity contribution in [2.24, 2.45) is 7.05 Å². The second-order valence-corrected chi connectivity index (χ2v) is 4.47. The highest BCUT2D eigenvalue weighted by Gasteiger charge is 2.31. The van der Waals surface area contributed by atoms with E-state index in [0.717, 1.165) is 0 Å². The molecule has 0 amide bonds. The molecule has 0 aromatic carbocycles. The lowest BCUT2D eigenvalue weighted by Gasteiger charge is -2.25. The van der Waals surface area contributed by atoms with E-state index in [-0.39, 0.29) is 24.1 Å². The molecule has 0 aliphatic heterocycles. The molecule has 0 fully saturated rings. The summed E-state index contributed by atoms with van der Waals surface area (Å²) < 4.78 is 1.37. The summed E-state index contributed by atoms with van der Waals surface area (Å²) in [6, 6.07) is -0.185. The van der Waals surface area contributed by atoms with E-state index in [1.807, 2.05) is 0 Å². The molecule has 0 aliphatic rings. The van der Waals surface area contributed by atoms with Crippen molar-refractivity contribution in [2.45, 2.75) is 33.2 Å². The molecular formula is C11H18N4O4. The van der Waals surface area contributed by atoms with Gasteiger partial charge in [0.05, 0.1) is 4.92 Å². The molecule has 1 rings (SSSR count). The first kappa shape index (κ1) is 14.9. The van der Waals surface area contributed by atoms with E-state index >= 15 is 0 Å². The lowest BCUT2D eigenvalue weighted by atomic mass is 10.2. The first-order chi connectivity index (χ1) is 8.79. The number of hydrogen-bond donors (Lipinski definition) is 1. The van der Waals surface area contributed by atoms with Crippen LogP contribution in [0.15, 0.2) is 0 Å². The number of carboxylic acids is 1. The van der Waals surface area contributed by atoms with Gasteiger partial charge in [0.2, 0.25) is 5.82 Å². The van der Waals surface area contributed by atoms with Crippen molar-refractivity contribution in [3.8, 4) is 0 Å². The number of hydrogen-bond acceptors (Lipinski definition) is 5. The Hall–Kier alpha value is -2.12. The number of nitrogens with zero attached hydrogens (tertiary/aromatic N) is 4. The Bertz CT molecular complexity index is 495. The Morgan fingerprint density at radius 2 is 2.16 bits per heavy atom. The van der Waals surface area contributed by atoms with Crippen molar-refractivity contribution >= 4 is 17.5 Å². The van der Waals surface area contributed by atoms with E-state index in [9.17, 15) is 14.9 Å². The number of anilines is 1. The van der Waals surface area contributed by atoms with E-state index in [1.54, 1.807) is 27.8 Å². The van der Waals surface area contributed by atoms with E-state index in [2.05, 4.69) is 5.10 Å². The highest BCUT2D eigenvalue weighted by Crippen LogP contribution is 2.32. The molecule has 0 spiro atoms. The van der Waals surface area contributed by atoms with Gasteiger partial charge in [0.1, 0.15) is 12.2 Å². The van der Waals surface area contributed by atoms with Gasteiger partial charge in [-0.3, -0.25) is 14.9 Å². The van der Waals surface area contributed by atoms with E-state index < -0.39 is 10.9 Å². The Kier molecular flexibility index (Phi) is 4.47. The number of rotatable bonds is 6. The summed E-state index contributed by atoms with van der Waals surface area (Å²) in [6.45, 7) is 5.04. The number of aromatic nitrogens is 2. The molecule has 19 heavy (non-hydrogen) atoms. The third-order valence-corrected chi connectivity index (χ3v) is 2.78. The van der Waals surface area contributed by atoms with Crippen LogP contribution in [0.1, 0.15) is 26.5 Å². The normalized spacial score (nSPS) is 10.8. The minimum absolute atomic E-state index is 0.111. The largest absolute Gasteiger partial charge is 0.480 e. The zero-order valence-corrected chi connectivity index (χ0v) is 11.5. The fraction of sp³-hybridized carbons (Fsp3) is 0.636. The van der Waals surface area contributed by atoms with Crippen molar-refractivity contribution in [3.05, 3.63) is 15.8 Å². The Labute approximate surface area is 110 Å². The first-order valence-electron chi connectivity index (χ1n) is 5.98. The number of aryl methyl sites for hydroxylation is 2. The maximum Gasteiger partial charge on any atom is 0.334 e. The smallest absolute Gasteiger partial charge is 0.334 e. The maximum atomic E-state index is 11.2. The van der Waals surface area contributed by atoms with Crippen molar-refractivity contribution in [3.63, 3.8) is 0 Å². The lowest BCUT2D eigenvalue weighted by Crippen LogP contribution is -2.37. The number of aliphatic carboxylic acids is 1. The molecule has 0 aliphatic carbocycles. The molecule has 8 nitrogen and oxygen atoms in total. The Balaban J connectivity index is 3.40. The van der Waals surface area contributed by atoms with Gasteiger partial charge in [-0.1, -0.05) is 6.92 Å². The molecule has 0 saturated carbocycles. The SMILES string of the molecule is CCc1nn(C)c(N(CC(=O)O)C(C)C)c1[N+](=O)[O-]. The van der Waals surface area contributed by atoms with Gasteiger partial charge in [0.15, 0.2) is 0 Å². The fourth-order valence-corrected chi connectivity index (χ4v) is 1.95. The van der Waals surface area contributed by atoms with Crippen molar-refractivity contribution < 1.29 is 14.8 Å². The summed E-state index contributed by atoms with van der Waals surface area (Å²) in [5.74, 6) is -0.804. The van der Waals surface area contributed by atoms with E-state index in [0.29, 0.717) is 12.1 Å². The van der Waals surface area contributed by atoms with Crippen LogP contribution >= 0.6 is 0 Å². The average molecular weight is 270 g/mol. The first-order valence-corrected chi connectivity index (χ1v) is 5.98. The van der Waals surface area contributed by atoms with Crippen LogP contribution in [0.4, 0.5) is 11.5 Å². The van der Waals surface area contributed by atoms with Crippen LogP contribution in [0, 0.1) is 10.1 Å². The number of carbonyl (C=O) groups is 1. The molecular weight excluding hydrogens is 252 g/mol. The zero-order valence-electron chi connectivity index (χ0n) is 11.5. The average Bonchev–Trinajstić information content (AvgIpc) is 2.62. The molecule has 1 aromatic rings. The standard InChI is InChI=1S/C11H18N4O4/c1-5-8-10(15(18)19)11(13(4)12-8)14(7(2)3)6-9(16)17/h7H,5-6H2,1-4H3,(H,16,17). The minimum atomic E-state index is -1.04. The maximum absolute atomic E-state index is 11.2. The van der Waals surface area contributed by atoms with Gasteiger partial charge in [0.25, 0.3) is 0 Å². The molecule has 106 valence electrons. The quantitative estimate of drug-likeness (QED) is 0.615. The molecule has 1 aromatic heterocycles. The van der Waals surface area contributed by atoms with Crippen LogP contribution in [-0.4, -0.2) is 38.4 Å². The predicted molar refractivity (Wildman–Crippen MR) is 69.4 cm³/mol. The lowest BCUT2D eigenvalue weighted by molar-refractivity contribution is -0.384. The van der Waals surface area contributed by atoms with Gasteiger partial charge >= 0.3 is 11.7 Å². The molecule has 8 heteroatoms. The highest BCUT2D eigenvalue weighted by atomic mass is 16.6. The predicted octanol–water partition coefficient (Wildman–Crippen LogP) is 1.19.